The summed E-state index contributed by atoms with van der Waals surface area (Å²) in [4.78, 5) is 19.7. The minimum Gasteiger partial charge on any atom is -0.279 e. The van der Waals surface area contributed by atoms with Crippen LogP contribution in [0.15, 0.2) is 53.0 Å². The van der Waals surface area contributed by atoms with E-state index in [0.29, 0.717) is 5.75 Å². The van der Waals surface area contributed by atoms with Gasteiger partial charge in [-0.2, -0.15) is 0 Å². The number of thioether (sulfide) groups is 1. The Morgan fingerprint density at radius 2 is 1.81 bits per heavy atom. The molecule has 1 amide bonds. The Morgan fingerprint density at radius 1 is 1.04 bits per heavy atom. The highest BCUT2D eigenvalue weighted by molar-refractivity contribution is 8.15. The number of amides is 1. The summed E-state index contributed by atoms with van der Waals surface area (Å²) in [5, 5.41) is 0.860. The average Bonchev–Trinajstić information content (AvgIpc) is 2.93. The highest BCUT2D eigenvalue weighted by Crippen LogP contribution is 2.47. The molecule has 5 rings (SSSR count). The van der Waals surface area contributed by atoms with Gasteiger partial charge < -0.3 is 0 Å². The van der Waals surface area contributed by atoms with Gasteiger partial charge in [-0.05, 0) is 55.9 Å². The Balaban J connectivity index is 1.74. The van der Waals surface area contributed by atoms with Crippen molar-refractivity contribution in [3.8, 4) is 0 Å². The van der Waals surface area contributed by atoms with E-state index in [1.165, 1.54) is 33.4 Å². The number of aliphatic imine (C=N–C) groups is 1. The summed E-state index contributed by atoms with van der Waals surface area (Å²) in [7, 11) is 0. The average molecular weight is 375 g/mol. The molecule has 136 valence electrons. The number of carbonyl (C=O) groups is 1. The van der Waals surface area contributed by atoms with E-state index < -0.39 is 0 Å². The molecule has 0 saturated carbocycles. The second-order valence-electron chi connectivity index (χ2n) is 7.65. The predicted molar refractivity (Wildman–Crippen MR) is 112 cm³/mol. The van der Waals surface area contributed by atoms with Gasteiger partial charge in [-0.3, -0.25) is 9.69 Å². The number of carbonyl (C=O) groups excluding carboxylic acids is 1. The Labute approximate surface area is 164 Å². The van der Waals surface area contributed by atoms with Gasteiger partial charge in [0, 0.05) is 5.56 Å². The summed E-state index contributed by atoms with van der Waals surface area (Å²) in [6, 6.07) is 15.3. The lowest BCUT2D eigenvalue weighted by atomic mass is 9.90. The Bertz CT molecular complexity index is 1000. The number of nitrogens with zero attached hydrogens (tertiary/aromatic N) is 2. The maximum absolute atomic E-state index is 12.7. The maximum atomic E-state index is 12.7. The van der Waals surface area contributed by atoms with E-state index in [9.17, 15) is 4.79 Å². The quantitative estimate of drug-likeness (QED) is 0.701. The van der Waals surface area contributed by atoms with E-state index in [1.807, 2.05) is 4.90 Å². The van der Waals surface area contributed by atoms with Crippen molar-refractivity contribution < 1.29 is 4.79 Å². The first-order valence-corrected chi connectivity index (χ1v) is 10.5. The van der Waals surface area contributed by atoms with Gasteiger partial charge in [0.05, 0.1) is 17.5 Å². The van der Waals surface area contributed by atoms with Gasteiger partial charge in [0.25, 0.3) is 0 Å². The van der Waals surface area contributed by atoms with E-state index in [4.69, 9.17) is 4.99 Å². The molecule has 3 aliphatic rings. The standard InChI is InChI=1S/C23H22N2OS/c1-14-6-10-17(11-7-14)22-18-5-3-4-16-9-8-15(2)12-19(16)21(18)24-23-25(22)20(26)13-27-23/h6-12,22H,3-5,13H2,1-2H3. The minimum absolute atomic E-state index is 0.0259. The molecule has 0 radical (unpaired) electrons. The lowest BCUT2D eigenvalue weighted by molar-refractivity contribution is -0.125. The van der Waals surface area contributed by atoms with Gasteiger partial charge in [-0.25, -0.2) is 4.99 Å². The molecule has 0 spiro atoms. The molecule has 1 fully saturated rings. The predicted octanol–water partition coefficient (Wildman–Crippen LogP) is 5.04. The fraction of sp³-hybridized carbons (Fsp3) is 0.304. The van der Waals surface area contributed by atoms with E-state index in [2.05, 4.69) is 56.3 Å². The highest BCUT2D eigenvalue weighted by Gasteiger charge is 2.41. The van der Waals surface area contributed by atoms with E-state index in [-0.39, 0.29) is 11.9 Å². The Morgan fingerprint density at radius 3 is 2.63 bits per heavy atom. The largest absolute Gasteiger partial charge is 0.279 e. The van der Waals surface area contributed by atoms with Crippen molar-refractivity contribution in [2.75, 3.05) is 5.75 Å². The maximum Gasteiger partial charge on any atom is 0.239 e. The first-order valence-electron chi connectivity index (χ1n) is 9.55. The second-order valence-corrected chi connectivity index (χ2v) is 8.59. The van der Waals surface area contributed by atoms with Crippen molar-refractivity contribution in [2.24, 2.45) is 4.99 Å². The zero-order chi connectivity index (χ0) is 18.5. The molecule has 1 saturated heterocycles. The molecule has 2 heterocycles. The van der Waals surface area contributed by atoms with Crippen LogP contribution in [0.3, 0.4) is 0 Å². The van der Waals surface area contributed by atoms with Crippen LogP contribution in [0, 0.1) is 13.8 Å². The summed E-state index contributed by atoms with van der Waals surface area (Å²) in [5.74, 6) is 0.659. The van der Waals surface area contributed by atoms with Crippen LogP contribution >= 0.6 is 11.8 Å². The van der Waals surface area contributed by atoms with Crippen LogP contribution in [0.1, 0.15) is 46.7 Å². The summed E-state index contributed by atoms with van der Waals surface area (Å²) in [6.07, 6.45) is 3.14. The van der Waals surface area contributed by atoms with Crippen molar-refractivity contribution in [3.05, 3.63) is 75.9 Å². The van der Waals surface area contributed by atoms with Crippen LogP contribution in [0.4, 0.5) is 0 Å². The van der Waals surface area contributed by atoms with Crippen LogP contribution in [0.2, 0.25) is 0 Å². The third-order valence-electron chi connectivity index (χ3n) is 5.71. The third-order valence-corrected chi connectivity index (χ3v) is 6.64. The van der Waals surface area contributed by atoms with Crippen LogP contribution in [-0.2, 0) is 11.2 Å². The van der Waals surface area contributed by atoms with Gasteiger partial charge >= 0.3 is 0 Å². The zero-order valence-corrected chi connectivity index (χ0v) is 16.5. The summed E-state index contributed by atoms with van der Waals surface area (Å²) >= 11 is 1.57. The number of benzene rings is 2. The number of aryl methyl sites for hydroxylation is 3. The van der Waals surface area contributed by atoms with Gasteiger partial charge in [0.1, 0.15) is 0 Å². The molecule has 27 heavy (non-hydrogen) atoms. The molecule has 0 bridgehead atoms. The molecule has 2 aliphatic heterocycles. The van der Waals surface area contributed by atoms with Gasteiger partial charge in [-0.15, -0.1) is 0 Å². The van der Waals surface area contributed by atoms with Crippen molar-refractivity contribution in [3.63, 3.8) is 0 Å². The number of hydrogen-bond donors (Lipinski definition) is 0. The second kappa shape index (κ2) is 6.38. The first-order chi connectivity index (χ1) is 13.1. The number of hydrogen-bond acceptors (Lipinski definition) is 3. The molecule has 4 heteroatoms. The smallest absolute Gasteiger partial charge is 0.239 e. The third kappa shape index (κ3) is 2.74. The van der Waals surface area contributed by atoms with Crippen LogP contribution in [-0.4, -0.2) is 21.7 Å². The summed E-state index contributed by atoms with van der Waals surface area (Å²) in [6.45, 7) is 4.24. The fourth-order valence-corrected chi connectivity index (χ4v) is 5.24. The van der Waals surface area contributed by atoms with E-state index in [1.54, 1.807) is 11.8 Å². The van der Waals surface area contributed by atoms with Crippen LogP contribution in [0.25, 0.3) is 5.70 Å². The number of amidine groups is 1. The van der Waals surface area contributed by atoms with Crippen LogP contribution < -0.4 is 0 Å². The summed E-state index contributed by atoms with van der Waals surface area (Å²) < 4.78 is 0. The lowest BCUT2D eigenvalue weighted by Crippen LogP contribution is -2.37. The fourth-order valence-electron chi connectivity index (χ4n) is 4.35. The molecule has 2 aromatic rings. The molecular weight excluding hydrogens is 352 g/mol. The highest BCUT2D eigenvalue weighted by atomic mass is 32.2. The van der Waals surface area contributed by atoms with Crippen molar-refractivity contribution in [2.45, 2.75) is 39.2 Å². The van der Waals surface area contributed by atoms with Gasteiger partial charge in [0.2, 0.25) is 5.91 Å². The minimum atomic E-state index is -0.0259. The molecule has 1 unspecified atom stereocenters. The van der Waals surface area contributed by atoms with Crippen LogP contribution in [0.5, 0.6) is 0 Å². The van der Waals surface area contributed by atoms with Crippen molar-refractivity contribution in [1.82, 2.24) is 4.90 Å². The molecule has 3 nitrogen and oxygen atoms in total. The molecule has 1 atom stereocenters. The first kappa shape index (κ1) is 16.8. The van der Waals surface area contributed by atoms with E-state index in [0.717, 1.165) is 30.1 Å². The topological polar surface area (TPSA) is 32.7 Å². The molecule has 0 N–H and O–H groups in total. The zero-order valence-electron chi connectivity index (χ0n) is 15.7. The van der Waals surface area contributed by atoms with Crippen molar-refractivity contribution >= 4 is 28.5 Å². The Kier molecular flexibility index (Phi) is 3.97. The molecule has 1 aliphatic carbocycles. The van der Waals surface area contributed by atoms with E-state index >= 15 is 0 Å². The Hall–Kier alpha value is -2.33. The lowest BCUT2D eigenvalue weighted by Gasteiger charge is -2.34. The molecule has 2 aromatic carbocycles. The molecule has 0 aromatic heterocycles. The normalized spacial score (nSPS) is 21.4. The molecular formula is C23H22N2OS. The van der Waals surface area contributed by atoms with Gasteiger partial charge in [0.15, 0.2) is 5.17 Å². The monoisotopic (exact) mass is 374 g/mol. The van der Waals surface area contributed by atoms with Crippen molar-refractivity contribution in [1.29, 1.82) is 0 Å². The summed E-state index contributed by atoms with van der Waals surface area (Å²) in [5.41, 5.74) is 8.71. The van der Waals surface area contributed by atoms with Gasteiger partial charge in [-0.1, -0.05) is 59.3 Å². The number of rotatable bonds is 1. The SMILES string of the molecule is Cc1ccc(C2C3=C(N=C4SCC(=O)N42)c2cc(C)ccc2CCC3)cc1. The number of fused-ring (bicyclic) bond motifs is 3.